The Morgan fingerprint density at radius 2 is 1.78 bits per heavy atom. The quantitative estimate of drug-likeness (QED) is 0.535. The number of nitrogens with one attached hydrogen (secondary N) is 2. The zero-order chi connectivity index (χ0) is 14.3. The van der Waals surface area contributed by atoms with E-state index in [1.807, 2.05) is 6.92 Å². The van der Waals surface area contributed by atoms with Gasteiger partial charge in [-0.05, 0) is 27.2 Å². The summed E-state index contributed by atoms with van der Waals surface area (Å²) in [6.45, 7) is 11.4. The van der Waals surface area contributed by atoms with Gasteiger partial charge in [-0.2, -0.15) is 0 Å². The van der Waals surface area contributed by atoms with Crippen LogP contribution in [0.1, 0.15) is 48.0 Å². The lowest BCUT2D eigenvalue weighted by Crippen LogP contribution is -2.56. The summed E-state index contributed by atoms with van der Waals surface area (Å²) in [6, 6.07) is 0. The molecule has 0 saturated carbocycles. The molecular weight excluding hydrogens is 232 g/mol. The molecule has 0 heterocycles. The number of carbonyl (C=O) groups excluding carboxylic acids is 2. The Balaban J connectivity index is 4.30. The Morgan fingerprint density at radius 1 is 1.22 bits per heavy atom. The normalized spacial score (nSPS) is 13.3. The average molecular weight is 258 g/mol. The first kappa shape index (κ1) is 16.9. The number of hydrogen-bond acceptors (Lipinski definition) is 4. The molecule has 5 nitrogen and oxygen atoms in total. The van der Waals surface area contributed by atoms with Crippen LogP contribution in [-0.4, -0.2) is 30.2 Å². The van der Waals surface area contributed by atoms with Crippen molar-refractivity contribution in [3.8, 4) is 0 Å². The number of amides is 1. The zero-order valence-electron chi connectivity index (χ0n) is 12.3. The van der Waals surface area contributed by atoms with E-state index in [1.165, 1.54) is 0 Å². The largest absolute Gasteiger partial charge is 0.447 e. The second-order valence-electron chi connectivity index (χ2n) is 5.26. The third-order valence-corrected chi connectivity index (χ3v) is 2.43. The topological polar surface area (TPSA) is 67.4 Å². The average Bonchev–Trinajstić information content (AvgIpc) is 2.24. The molecule has 0 spiro atoms. The molecule has 0 aromatic rings. The Bertz CT molecular complexity index is 288. The monoisotopic (exact) mass is 258 g/mol. The van der Waals surface area contributed by atoms with E-state index < -0.39 is 11.8 Å². The molecule has 1 atom stereocenters. The summed E-state index contributed by atoms with van der Waals surface area (Å²) < 4.78 is 5.17. The van der Waals surface area contributed by atoms with Gasteiger partial charge in [0.2, 0.25) is 5.91 Å². The first-order valence-corrected chi connectivity index (χ1v) is 6.47. The molecule has 0 saturated heterocycles. The first-order chi connectivity index (χ1) is 8.20. The third kappa shape index (κ3) is 6.00. The van der Waals surface area contributed by atoms with Gasteiger partial charge < -0.3 is 10.1 Å². The molecule has 0 radical (unpaired) electrons. The highest BCUT2D eigenvalue weighted by molar-refractivity contribution is 5.85. The van der Waals surface area contributed by atoms with E-state index >= 15 is 0 Å². The molecule has 0 fully saturated rings. The van der Waals surface area contributed by atoms with E-state index in [4.69, 9.17) is 4.74 Å². The number of hydrogen-bond donors (Lipinski definition) is 2. The number of esters is 1. The van der Waals surface area contributed by atoms with Gasteiger partial charge in [0.05, 0.1) is 11.5 Å². The van der Waals surface area contributed by atoms with Gasteiger partial charge >= 0.3 is 5.97 Å². The molecule has 0 bridgehead atoms. The van der Waals surface area contributed by atoms with Crippen LogP contribution in [-0.2, 0) is 14.3 Å². The predicted octanol–water partition coefficient (Wildman–Crippen LogP) is 1.43. The molecule has 5 heteroatoms. The van der Waals surface area contributed by atoms with Gasteiger partial charge in [-0.25, -0.2) is 0 Å². The van der Waals surface area contributed by atoms with Crippen molar-refractivity contribution >= 4 is 11.9 Å². The summed E-state index contributed by atoms with van der Waals surface area (Å²) in [5.74, 6) is -0.553. The Morgan fingerprint density at radius 3 is 2.22 bits per heavy atom. The van der Waals surface area contributed by atoms with Gasteiger partial charge in [-0.15, -0.1) is 0 Å². The highest BCUT2D eigenvalue weighted by Gasteiger charge is 2.29. The standard InChI is InChI=1S/C13H26N2O3/c1-7-8-14-12(17)13(5,6)15-10(4)18-11(16)9(2)3/h9-10,15H,7-8H2,1-6H3,(H,14,17). The molecule has 106 valence electrons. The summed E-state index contributed by atoms with van der Waals surface area (Å²) >= 11 is 0. The van der Waals surface area contributed by atoms with E-state index in [0.717, 1.165) is 6.42 Å². The van der Waals surface area contributed by atoms with Crippen LogP contribution in [0.5, 0.6) is 0 Å². The molecule has 0 aliphatic heterocycles. The Labute approximate surface area is 110 Å². The molecule has 2 N–H and O–H groups in total. The minimum Gasteiger partial charge on any atom is -0.447 e. The van der Waals surface area contributed by atoms with Crippen LogP contribution < -0.4 is 10.6 Å². The highest BCUT2D eigenvalue weighted by Crippen LogP contribution is 2.06. The summed E-state index contributed by atoms with van der Waals surface area (Å²) in [7, 11) is 0. The third-order valence-electron chi connectivity index (χ3n) is 2.43. The van der Waals surface area contributed by atoms with Crippen LogP contribution >= 0.6 is 0 Å². The smallest absolute Gasteiger partial charge is 0.309 e. The number of rotatable bonds is 7. The molecule has 0 aliphatic rings. The van der Waals surface area contributed by atoms with Crippen molar-refractivity contribution in [1.82, 2.24) is 10.6 Å². The second-order valence-corrected chi connectivity index (χ2v) is 5.26. The van der Waals surface area contributed by atoms with Crippen LogP contribution in [0.2, 0.25) is 0 Å². The maximum Gasteiger partial charge on any atom is 0.309 e. The Hall–Kier alpha value is -1.10. The van der Waals surface area contributed by atoms with Gasteiger partial charge in [0.15, 0.2) is 6.23 Å². The molecule has 0 aromatic heterocycles. The van der Waals surface area contributed by atoms with Crippen molar-refractivity contribution < 1.29 is 14.3 Å². The van der Waals surface area contributed by atoms with Gasteiger partial charge in [0.25, 0.3) is 0 Å². The Kier molecular flexibility index (Phi) is 6.91. The van der Waals surface area contributed by atoms with Gasteiger partial charge in [0.1, 0.15) is 0 Å². The second kappa shape index (κ2) is 7.36. The number of carbonyl (C=O) groups is 2. The summed E-state index contributed by atoms with van der Waals surface area (Å²) in [5, 5.41) is 5.81. The molecular formula is C13H26N2O3. The van der Waals surface area contributed by atoms with Gasteiger partial charge in [-0.3, -0.25) is 14.9 Å². The van der Waals surface area contributed by atoms with E-state index in [1.54, 1.807) is 34.6 Å². The molecule has 1 amide bonds. The molecule has 0 aliphatic carbocycles. The van der Waals surface area contributed by atoms with Crippen molar-refractivity contribution in [2.45, 2.75) is 59.7 Å². The SMILES string of the molecule is CCCNC(=O)C(C)(C)NC(C)OC(=O)C(C)C. The zero-order valence-corrected chi connectivity index (χ0v) is 12.3. The fourth-order valence-electron chi connectivity index (χ4n) is 1.37. The van der Waals surface area contributed by atoms with Gasteiger partial charge in [-0.1, -0.05) is 20.8 Å². The molecule has 0 aromatic carbocycles. The minimum atomic E-state index is -0.772. The van der Waals surface area contributed by atoms with Crippen molar-refractivity contribution in [3.63, 3.8) is 0 Å². The highest BCUT2D eigenvalue weighted by atomic mass is 16.6. The van der Waals surface area contributed by atoms with Crippen LogP contribution in [0.15, 0.2) is 0 Å². The molecule has 18 heavy (non-hydrogen) atoms. The van der Waals surface area contributed by atoms with E-state index in [2.05, 4.69) is 10.6 Å². The lowest BCUT2D eigenvalue weighted by atomic mass is 10.0. The van der Waals surface area contributed by atoms with E-state index in [-0.39, 0.29) is 17.8 Å². The maximum absolute atomic E-state index is 11.9. The van der Waals surface area contributed by atoms with Crippen molar-refractivity contribution in [2.75, 3.05) is 6.54 Å². The van der Waals surface area contributed by atoms with Gasteiger partial charge in [0, 0.05) is 6.54 Å². The lowest BCUT2D eigenvalue weighted by molar-refractivity contribution is -0.155. The van der Waals surface area contributed by atoms with Crippen molar-refractivity contribution in [1.29, 1.82) is 0 Å². The summed E-state index contributed by atoms with van der Waals surface area (Å²) in [4.78, 5) is 23.3. The fourth-order valence-corrected chi connectivity index (χ4v) is 1.37. The number of ether oxygens (including phenoxy) is 1. The van der Waals surface area contributed by atoms with E-state index in [0.29, 0.717) is 6.54 Å². The molecule has 0 rings (SSSR count). The first-order valence-electron chi connectivity index (χ1n) is 6.47. The van der Waals surface area contributed by atoms with Crippen LogP contribution in [0.4, 0.5) is 0 Å². The summed E-state index contributed by atoms with van der Waals surface area (Å²) in [5.41, 5.74) is -0.772. The van der Waals surface area contributed by atoms with Crippen LogP contribution in [0.3, 0.4) is 0 Å². The lowest BCUT2D eigenvalue weighted by Gasteiger charge is -2.29. The van der Waals surface area contributed by atoms with Crippen LogP contribution in [0.25, 0.3) is 0 Å². The minimum absolute atomic E-state index is 0.100. The maximum atomic E-state index is 11.9. The van der Waals surface area contributed by atoms with Crippen molar-refractivity contribution in [2.24, 2.45) is 5.92 Å². The van der Waals surface area contributed by atoms with Crippen molar-refractivity contribution in [3.05, 3.63) is 0 Å². The predicted molar refractivity (Wildman–Crippen MR) is 70.9 cm³/mol. The summed E-state index contributed by atoms with van der Waals surface area (Å²) in [6.07, 6.45) is 0.391. The van der Waals surface area contributed by atoms with E-state index in [9.17, 15) is 9.59 Å². The molecule has 1 unspecified atom stereocenters. The fraction of sp³-hybridized carbons (Fsp3) is 0.846. The van der Waals surface area contributed by atoms with Crippen LogP contribution in [0, 0.1) is 5.92 Å².